The summed E-state index contributed by atoms with van der Waals surface area (Å²) in [5, 5.41) is 8.35. The molecule has 2 aliphatic carbocycles. The van der Waals surface area contributed by atoms with Gasteiger partial charge in [-0.05, 0) is 105 Å². The molecular formula is C23H32N4O2S. The summed E-state index contributed by atoms with van der Waals surface area (Å²) in [6, 6.07) is 7.99. The quantitative estimate of drug-likeness (QED) is 0.629. The van der Waals surface area contributed by atoms with Crippen molar-refractivity contribution < 1.29 is 9.53 Å². The number of hydrogen-bond acceptors (Lipinski definition) is 5. The molecule has 2 aromatic rings. The van der Waals surface area contributed by atoms with E-state index < -0.39 is 6.03 Å². The maximum atomic E-state index is 11.1. The second-order valence-electron chi connectivity index (χ2n) is 8.06. The Hall–Kier alpha value is -2.22. The first-order valence-electron chi connectivity index (χ1n) is 10.3. The van der Waals surface area contributed by atoms with Crippen molar-refractivity contribution in [1.82, 2.24) is 4.90 Å². The first-order valence-corrected chi connectivity index (χ1v) is 11.2. The molecule has 7 heteroatoms. The van der Waals surface area contributed by atoms with E-state index in [4.69, 9.17) is 15.6 Å². The van der Waals surface area contributed by atoms with Crippen molar-refractivity contribution in [3.05, 3.63) is 52.1 Å². The summed E-state index contributed by atoms with van der Waals surface area (Å²) in [5.74, 6) is 0.844. The fraction of sp³-hybridized carbons (Fsp3) is 0.435. The molecule has 0 bridgehead atoms. The lowest BCUT2D eigenvalue weighted by molar-refractivity contribution is 0.259. The SMILES string of the molecule is COc1cc(CN(C)C)ccc1SN.NC(=O)Nc1c2c(cc3c1CCC3)CCC2. The number of methoxy groups -OCH3 is 1. The first kappa shape index (κ1) is 22.5. The zero-order valence-corrected chi connectivity index (χ0v) is 18.9. The minimum atomic E-state index is -0.436. The molecule has 2 aromatic carbocycles. The highest BCUT2D eigenvalue weighted by atomic mass is 32.2. The van der Waals surface area contributed by atoms with Gasteiger partial charge in [-0.15, -0.1) is 0 Å². The molecule has 0 heterocycles. The molecule has 162 valence electrons. The van der Waals surface area contributed by atoms with Crippen molar-refractivity contribution in [3.63, 3.8) is 0 Å². The van der Waals surface area contributed by atoms with Crippen molar-refractivity contribution in [2.75, 3.05) is 26.5 Å². The van der Waals surface area contributed by atoms with Crippen LogP contribution in [0.3, 0.4) is 0 Å². The molecule has 0 aliphatic heterocycles. The largest absolute Gasteiger partial charge is 0.496 e. The van der Waals surface area contributed by atoms with E-state index in [1.54, 1.807) is 7.11 Å². The van der Waals surface area contributed by atoms with Crippen LogP contribution in [0.4, 0.5) is 10.5 Å². The van der Waals surface area contributed by atoms with Crippen LogP contribution < -0.4 is 20.9 Å². The minimum Gasteiger partial charge on any atom is -0.496 e. The van der Waals surface area contributed by atoms with E-state index in [1.165, 1.54) is 52.6 Å². The van der Waals surface area contributed by atoms with Gasteiger partial charge in [0.2, 0.25) is 0 Å². The number of amides is 2. The number of aryl methyl sites for hydroxylation is 2. The Bertz CT molecular complexity index is 882. The van der Waals surface area contributed by atoms with E-state index in [2.05, 4.69) is 22.3 Å². The lowest BCUT2D eigenvalue weighted by Crippen LogP contribution is -2.21. The highest BCUT2D eigenvalue weighted by Gasteiger charge is 2.24. The average molecular weight is 429 g/mol. The van der Waals surface area contributed by atoms with Gasteiger partial charge in [-0.25, -0.2) is 4.79 Å². The van der Waals surface area contributed by atoms with Crippen molar-refractivity contribution >= 4 is 23.7 Å². The van der Waals surface area contributed by atoms with Gasteiger partial charge in [-0.3, -0.25) is 5.14 Å². The number of nitrogens with one attached hydrogen (secondary N) is 1. The molecule has 0 saturated heterocycles. The predicted octanol–water partition coefficient (Wildman–Crippen LogP) is 3.88. The summed E-state index contributed by atoms with van der Waals surface area (Å²) in [6.07, 6.45) is 6.86. The van der Waals surface area contributed by atoms with Gasteiger partial charge < -0.3 is 20.7 Å². The maximum absolute atomic E-state index is 11.1. The Morgan fingerprint density at radius 3 is 2.23 bits per heavy atom. The van der Waals surface area contributed by atoms with Crippen LogP contribution in [-0.4, -0.2) is 32.1 Å². The number of anilines is 1. The van der Waals surface area contributed by atoms with Crippen molar-refractivity contribution in [1.29, 1.82) is 0 Å². The number of nitrogens with zero attached hydrogens (tertiary/aromatic N) is 1. The summed E-state index contributed by atoms with van der Waals surface area (Å²) in [7, 11) is 5.74. The third kappa shape index (κ3) is 5.28. The molecule has 0 fully saturated rings. The topological polar surface area (TPSA) is 93.6 Å². The van der Waals surface area contributed by atoms with E-state index >= 15 is 0 Å². The molecule has 0 unspecified atom stereocenters. The smallest absolute Gasteiger partial charge is 0.316 e. The number of hydrogen-bond donors (Lipinski definition) is 3. The molecular weight excluding hydrogens is 396 g/mol. The van der Waals surface area contributed by atoms with Crippen LogP contribution in [0.25, 0.3) is 0 Å². The van der Waals surface area contributed by atoms with Crippen molar-refractivity contribution in [2.24, 2.45) is 10.9 Å². The second kappa shape index (κ2) is 10.2. The number of carbonyl (C=O) groups is 1. The molecule has 30 heavy (non-hydrogen) atoms. The Morgan fingerprint density at radius 1 is 1.10 bits per heavy atom. The van der Waals surface area contributed by atoms with Gasteiger partial charge in [0.15, 0.2) is 0 Å². The second-order valence-corrected chi connectivity index (χ2v) is 8.74. The van der Waals surface area contributed by atoms with E-state index in [9.17, 15) is 4.79 Å². The van der Waals surface area contributed by atoms with Crippen LogP contribution in [0.2, 0.25) is 0 Å². The van der Waals surface area contributed by atoms with Gasteiger partial charge >= 0.3 is 6.03 Å². The summed E-state index contributed by atoms with van der Waals surface area (Å²) in [6.45, 7) is 0.909. The normalized spacial score (nSPS) is 14.0. The number of benzene rings is 2. The standard InChI is InChI=1S/C13H16N2O.C10H16N2OS/c14-13(16)15-12-10-5-1-3-8(10)7-9-4-2-6-11(9)12;1-12(2)7-8-4-5-10(14-11)9(6-8)13-3/h7H,1-6H2,(H3,14,15,16);4-6H,7,11H2,1-3H3. The predicted molar refractivity (Wildman–Crippen MR) is 124 cm³/mol. The molecule has 0 aromatic heterocycles. The van der Waals surface area contributed by atoms with Gasteiger partial charge in [0, 0.05) is 12.2 Å². The summed E-state index contributed by atoms with van der Waals surface area (Å²) in [4.78, 5) is 14.2. The molecule has 5 N–H and O–H groups in total. The number of urea groups is 1. The zero-order chi connectivity index (χ0) is 21.7. The van der Waals surface area contributed by atoms with Gasteiger partial charge in [-0.2, -0.15) is 0 Å². The zero-order valence-electron chi connectivity index (χ0n) is 18.1. The highest BCUT2D eigenvalue weighted by Crippen LogP contribution is 2.38. The van der Waals surface area contributed by atoms with Gasteiger partial charge in [0.25, 0.3) is 0 Å². The summed E-state index contributed by atoms with van der Waals surface area (Å²) < 4.78 is 5.24. The van der Waals surface area contributed by atoms with Crippen molar-refractivity contribution in [3.8, 4) is 5.75 Å². The lowest BCUT2D eigenvalue weighted by atomic mass is 9.99. The van der Waals surface area contributed by atoms with Gasteiger partial charge in [-0.1, -0.05) is 12.1 Å². The molecule has 2 amide bonds. The van der Waals surface area contributed by atoms with Crippen molar-refractivity contribution in [2.45, 2.75) is 50.0 Å². The van der Waals surface area contributed by atoms with Crippen LogP contribution >= 0.6 is 11.9 Å². The van der Waals surface area contributed by atoms with Crippen LogP contribution in [-0.2, 0) is 32.2 Å². The molecule has 2 aliphatic rings. The summed E-state index contributed by atoms with van der Waals surface area (Å²) in [5.41, 5.74) is 13.0. The fourth-order valence-electron chi connectivity index (χ4n) is 4.36. The van der Waals surface area contributed by atoms with Gasteiger partial charge in [0.05, 0.1) is 12.0 Å². The lowest BCUT2D eigenvalue weighted by Gasteiger charge is -2.14. The number of fused-ring (bicyclic) bond motifs is 2. The number of carbonyl (C=O) groups excluding carboxylic acids is 1. The van der Waals surface area contributed by atoms with Crippen LogP contribution in [0.15, 0.2) is 29.2 Å². The molecule has 0 saturated carbocycles. The van der Waals surface area contributed by atoms with E-state index in [0.717, 1.165) is 48.6 Å². The fourth-order valence-corrected chi connectivity index (χ4v) is 4.77. The molecule has 0 radical (unpaired) electrons. The number of nitrogens with two attached hydrogens (primary N) is 2. The highest BCUT2D eigenvalue weighted by molar-refractivity contribution is 7.97. The van der Waals surface area contributed by atoms with Crippen LogP contribution in [0, 0.1) is 0 Å². The monoisotopic (exact) mass is 428 g/mol. The Balaban J connectivity index is 0.000000173. The van der Waals surface area contributed by atoms with E-state index in [0.29, 0.717) is 0 Å². The van der Waals surface area contributed by atoms with Crippen LogP contribution in [0.5, 0.6) is 5.75 Å². The first-order chi connectivity index (χ1) is 14.4. The third-order valence-electron chi connectivity index (χ3n) is 5.58. The Kier molecular flexibility index (Phi) is 7.64. The summed E-state index contributed by atoms with van der Waals surface area (Å²) >= 11 is 1.21. The van der Waals surface area contributed by atoms with E-state index in [1.807, 2.05) is 26.2 Å². The number of ether oxygens (including phenoxy) is 1. The number of primary amides is 1. The number of rotatable bonds is 5. The molecule has 0 atom stereocenters. The van der Waals surface area contributed by atoms with Gasteiger partial charge in [0.1, 0.15) is 5.75 Å². The third-order valence-corrected chi connectivity index (χ3v) is 6.17. The minimum absolute atomic E-state index is 0.436. The molecule has 0 spiro atoms. The molecule has 6 nitrogen and oxygen atoms in total. The van der Waals surface area contributed by atoms with E-state index in [-0.39, 0.29) is 0 Å². The average Bonchev–Trinajstić information content (AvgIpc) is 3.36. The maximum Gasteiger partial charge on any atom is 0.316 e. The Morgan fingerprint density at radius 2 is 1.73 bits per heavy atom. The molecule has 4 rings (SSSR count). The Labute approximate surface area is 183 Å². The van der Waals surface area contributed by atoms with Crippen LogP contribution in [0.1, 0.15) is 40.7 Å².